The first-order valence-electron chi connectivity index (χ1n) is 7.98. The van der Waals surface area contributed by atoms with Gasteiger partial charge in [-0.15, -0.1) is 0 Å². The summed E-state index contributed by atoms with van der Waals surface area (Å²) in [5.41, 5.74) is 0.752. The van der Waals surface area contributed by atoms with Crippen molar-refractivity contribution in [3.05, 3.63) is 23.8 Å². The fourth-order valence-electron chi connectivity index (χ4n) is 2.80. The second kappa shape index (κ2) is 8.63. The number of alkyl halides is 2. The van der Waals surface area contributed by atoms with Crippen molar-refractivity contribution < 1.29 is 31.5 Å². The fourth-order valence-corrected chi connectivity index (χ4v) is 4.47. The third kappa shape index (κ3) is 6.10. The number of sulfone groups is 1. The normalized spacial score (nSPS) is 18.9. The number of amides is 1. The van der Waals surface area contributed by atoms with E-state index in [4.69, 9.17) is 4.74 Å². The van der Waals surface area contributed by atoms with Gasteiger partial charge in [0.15, 0.2) is 21.3 Å². The number of halogens is 2. The number of likely N-dealkylation sites (N-methyl/N-ethyl adjacent to an activating group) is 1. The van der Waals surface area contributed by atoms with Crippen LogP contribution in [0.4, 0.5) is 8.78 Å². The predicted molar refractivity (Wildman–Crippen MR) is 91.2 cm³/mol. The Bertz CT molecular complexity index is 742. The fraction of sp³-hybridized carbons (Fsp3) is 0.562. The van der Waals surface area contributed by atoms with Crippen molar-refractivity contribution in [2.75, 3.05) is 32.2 Å². The first kappa shape index (κ1) is 20.4. The van der Waals surface area contributed by atoms with Gasteiger partial charge in [-0.2, -0.15) is 8.78 Å². The summed E-state index contributed by atoms with van der Waals surface area (Å²) in [4.78, 5) is 13.8. The minimum Gasteiger partial charge on any atom is -0.493 e. The van der Waals surface area contributed by atoms with Crippen molar-refractivity contribution in [1.82, 2.24) is 10.2 Å². The third-order valence-corrected chi connectivity index (χ3v) is 5.68. The number of carbonyl (C=O) groups excluding carboxylic acids is 1. The van der Waals surface area contributed by atoms with Gasteiger partial charge >= 0.3 is 6.61 Å². The van der Waals surface area contributed by atoms with E-state index in [1.807, 2.05) is 0 Å². The van der Waals surface area contributed by atoms with Crippen LogP contribution >= 0.6 is 0 Å². The van der Waals surface area contributed by atoms with Gasteiger partial charge in [-0.1, -0.05) is 6.07 Å². The molecule has 1 saturated heterocycles. The average Bonchev–Trinajstić information content (AvgIpc) is 2.86. The highest BCUT2D eigenvalue weighted by Gasteiger charge is 2.29. The molecule has 0 radical (unpaired) electrons. The van der Waals surface area contributed by atoms with E-state index in [1.54, 1.807) is 24.1 Å². The number of hydrogen-bond acceptors (Lipinski definition) is 6. The van der Waals surface area contributed by atoms with E-state index >= 15 is 0 Å². The van der Waals surface area contributed by atoms with Crippen LogP contribution in [0, 0.1) is 0 Å². The van der Waals surface area contributed by atoms with Crippen molar-refractivity contribution in [1.29, 1.82) is 0 Å². The zero-order valence-electron chi connectivity index (χ0n) is 14.6. The minimum atomic E-state index is -3.05. The molecule has 1 fully saturated rings. The predicted octanol–water partition coefficient (Wildman–Crippen LogP) is 1.03. The molecule has 1 atom stereocenters. The van der Waals surface area contributed by atoms with Crippen LogP contribution in [0.3, 0.4) is 0 Å². The molecule has 1 amide bonds. The second-order valence-electron chi connectivity index (χ2n) is 6.20. The first-order chi connectivity index (χ1) is 12.2. The quantitative estimate of drug-likeness (QED) is 0.711. The van der Waals surface area contributed by atoms with E-state index in [0.717, 1.165) is 5.56 Å². The molecule has 1 aromatic carbocycles. The number of ether oxygens (including phenoxy) is 2. The summed E-state index contributed by atoms with van der Waals surface area (Å²) in [6.45, 7) is -2.49. The van der Waals surface area contributed by atoms with Gasteiger partial charge in [0.25, 0.3) is 0 Å². The van der Waals surface area contributed by atoms with Gasteiger partial charge < -0.3 is 14.8 Å². The lowest BCUT2D eigenvalue weighted by molar-refractivity contribution is -0.122. The molecule has 1 heterocycles. The standard InChI is InChI=1S/C16H22F2N2O5S/c1-20(9-15(21)19-12-5-6-26(22,23)10-12)8-11-3-4-13(25-16(17)18)14(7-11)24-2/h3-4,7,12,16H,5-6,8-10H2,1-2H3,(H,19,21)/t12-/m0/s1. The molecule has 26 heavy (non-hydrogen) atoms. The Morgan fingerprint density at radius 1 is 1.38 bits per heavy atom. The van der Waals surface area contributed by atoms with Crippen LogP contribution in [0.25, 0.3) is 0 Å². The van der Waals surface area contributed by atoms with Crippen LogP contribution in [-0.4, -0.2) is 64.1 Å². The summed E-state index contributed by atoms with van der Waals surface area (Å²) in [5, 5.41) is 2.72. The molecule has 146 valence electrons. The van der Waals surface area contributed by atoms with Crippen molar-refractivity contribution in [3.8, 4) is 11.5 Å². The number of carbonyl (C=O) groups is 1. The van der Waals surface area contributed by atoms with Gasteiger partial charge in [0.05, 0.1) is 25.2 Å². The van der Waals surface area contributed by atoms with Crippen molar-refractivity contribution in [3.63, 3.8) is 0 Å². The lowest BCUT2D eigenvalue weighted by Gasteiger charge is -2.19. The second-order valence-corrected chi connectivity index (χ2v) is 8.43. The van der Waals surface area contributed by atoms with Gasteiger partial charge in [0, 0.05) is 12.6 Å². The van der Waals surface area contributed by atoms with Crippen LogP contribution in [0.5, 0.6) is 11.5 Å². The number of nitrogens with one attached hydrogen (secondary N) is 1. The maximum Gasteiger partial charge on any atom is 0.387 e. The summed E-state index contributed by atoms with van der Waals surface area (Å²) in [5.74, 6) is -0.0728. The molecule has 0 bridgehead atoms. The van der Waals surface area contributed by atoms with Gasteiger partial charge in [-0.3, -0.25) is 9.69 Å². The van der Waals surface area contributed by atoms with E-state index in [1.165, 1.54) is 13.2 Å². The molecule has 1 aromatic rings. The number of methoxy groups -OCH3 is 1. The minimum absolute atomic E-state index is 0.0226. The van der Waals surface area contributed by atoms with Crippen LogP contribution in [-0.2, 0) is 21.2 Å². The summed E-state index contributed by atoms with van der Waals surface area (Å²) < 4.78 is 56.9. The number of benzene rings is 1. The molecule has 10 heteroatoms. The van der Waals surface area contributed by atoms with Gasteiger partial charge in [-0.25, -0.2) is 8.42 Å². The maximum absolute atomic E-state index is 12.3. The molecule has 1 aliphatic rings. The smallest absolute Gasteiger partial charge is 0.387 e. The van der Waals surface area contributed by atoms with E-state index < -0.39 is 16.4 Å². The molecular weight excluding hydrogens is 370 g/mol. The maximum atomic E-state index is 12.3. The Balaban J connectivity index is 1.88. The van der Waals surface area contributed by atoms with Gasteiger partial charge in [0.2, 0.25) is 5.91 Å². The van der Waals surface area contributed by atoms with E-state index in [2.05, 4.69) is 10.1 Å². The largest absolute Gasteiger partial charge is 0.493 e. The zero-order valence-corrected chi connectivity index (χ0v) is 15.4. The van der Waals surface area contributed by atoms with Crippen molar-refractivity contribution >= 4 is 15.7 Å². The Hall–Kier alpha value is -1.94. The lowest BCUT2D eigenvalue weighted by atomic mass is 10.2. The van der Waals surface area contributed by atoms with Crippen LogP contribution in [0.1, 0.15) is 12.0 Å². The van der Waals surface area contributed by atoms with Crippen LogP contribution < -0.4 is 14.8 Å². The lowest BCUT2D eigenvalue weighted by Crippen LogP contribution is -2.41. The van der Waals surface area contributed by atoms with Gasteiger partial charge in [-0.05, 0) is 31.2 Å². The number of rotatable bonds is 8. The van der Waals surface area contributed by atoms with Crippen LogP contribution in [0.15, 0.2) is 18.2 Å². The zero-order chi connectivity index (χ0) is 19.3. The molecule has 0 aliphatic carbocycles. The van der Waals surface area contributed by atoms with Crippen LogP contribution in [0.2, 0.25) is 0 Å². The Morgan fingerprint density at radius 3 is 2.69 bits per heavy atom. The Kier molecular flexibility index (Phi) is 6.76. The highest BCUT2D eigenvalue weighted by molar-refractivity contribution is 7.91. The van der Waals surface area contributed by atoms with E-state index in [9.17, 15) is 22.0 Å². The molecule has 7 nitrogen and oxygen atoms in total. The summed E-state index contributed by atoms with van der Waals surface area (Å²) >= 11 is 0. The first-order valence-corrected chi connectivity index (χ1v) is 9.80. The van der Waals surface area contributed by atoms with E-state index in [0.29, 0.717) is 13.0 Å². The molecule has 1 N–H and O–H groups in total. The molecule has 0 aromatic heterocycles. The number of hydrogen-bond donors (Lipinski definition) is 1. The molecule has 0 unspecified atom stereocenters. The Labute approximate surface area is 151 Å². The molecule has 0 saturated carbocycles. The topological polar surface area (TPSA) is 84.9 Å². The van der Waals surface area contributed by atoms with Crippen molar-refractivity contribution in [2.24, 2.45) is 0 Å². The molecular formula is C16H22F2N2O5S. The number of nitrogens with zero attached hydrogens (tertiary/aromatic N) is 1. The average molecular weight is 392 g/mol. The van der Waals surface area contributed by atoms with Gasteiger partial charge in [0.1, 0.15) is 0 Å². The third-order valence-electron chi connectivity index (χ3n) is 3.91. The molecule has 1 aliphatic heterocycles. The Morgan fingerprint density at radius 2 is 2.12 bits per heavy atom. The summed E-state index contributed by atoms with van der Waals surface area (Å²) in [6, 6.07) is 4.22. The molecule has 2 rings (SSSR count). The summed E-state index contributed by atoms with van der Waals surface area (Å²) in [7, 11) is 0.0286. The van der Waals surface area contributed by atoms with Crippen molar-refractivity contribution in [2.45, 2.75) is 25.6 Å². The monoisotopic (exact) mass is 392 g/mol. The highest BCUT2D eigenvalue weighted by Crippen LogP contribution is 2.29. The highest BCUT2D eigenvalue weighted by atomic mass is 32.2. The summed E-state index contributed by atoms with van der Waals surface area (Å²) in [6.07, 6.45) is 0.431. The SMILES string of the molecule is COc1cc(CN(C)CC(=O)N[C@H]2CCS(=O)(=O)C2)ccc1OC(F)F. The molecule has 0 spiro atoms. The van der Waals surface area contributed by atoms with E-state index in [-0.39, 0.29) is 41.5 Å².